The molecule has 0 unspecified atom stereocenters. The molecule has 314 valence electrons. The quantitative estimate of drug-likeness (QED) is 0.124. The smallest absolute Gasteiger partial charge is 0.309 e. The number of aromatic nitrogens is 4. The Morgan fingerprint density at radius 3 is 1.51 bits per heavy atom. The van der Waals surface area contributed by atoms with E-state index in [2.05, 4.69) is 19.9 Å². The molecule has 63 heavy (non-hydrogen) atoms. The van der Waals surface area contributed by atoms with Gasteiger partial charge in [-0.15, -0.1) is 0 Å². The van der Waals surface area contributed by atoms with Crippen molar-refractivity contribution in [1.82, 2.24) is 19.5 Å². The number of nitrogens with zero attached hydrogens (tertiary/aromatic N) is 4. The van der Waals surface area contributed by atoms with E-state index in [1.807, 2.05) is 102 Å². The van der Waals surface area contributed by atoms with E-state index >= 15 is 4.39 Å². The molecule has 0 saturated carbocycles. The Bertz CT molecular complexity index is 3040. The second-order valence-electron chi connectivity index (χ2n) is 15.0. The monoisotopic (exact) mass is 850 g/mol. The highest BCUT2D eigenvalue weighted by Gasteiger charge is 2.37. The standard InChI is InChI=1S/C47H27F7N4.C5H10/c48-39-17-9-7-15-35(39)37-21-19-31(45-56-43(28-11-3-1-4-12-28)55-44(57-45)29-13-5-2-6-14-29)26-42(37)58-40-18-10-8-16-36(40)38-25-30(20-22-41(38)58)32-23-33(46(49,50)51)27-34(24-32)47(52,53)54;1-4-5(2)3/h1-27H;4H,1-3H3. The van der Waals surface area contributed by atoms with Gasteiger partial charge in [-0.2, -0.15) is 26.3 Å². The minimum absolute atomic E-state index is 0.114. The van der Waals surface area contributed by atoms with E-state index in [1.54, 1.807) is 42.5 Å². The number of hydrogen-bond acceptors (Lipinski definition) is 3. The molecule has 0 aliphatic carbocycles. The lowest BCUT2D eigenvalue weighted by Crippen LogP contribution is -2.11. The van der Waals surface area contributed by atoms with E-state index in [1.165, 1.54) is 17.7 Å². The molecule has 9 rings (SSSR count). The predicted octanol–water partition coefficient (Wildman–Crippen LogP) is 15.5. The maximum absolute atomic E-state index is 15.7. The zero-order chi connectivity index (χ0) is 44.5. The molecule has 9 aromatic rings. The van der Waals surface area contributed by atoms with Gasteiger partial charge in [0.15, 0.2) is 17.5 Å². The molecule has 0 fully saturated rings. The van der Waals surface area contributed by atoms with Gasteiger partial charge in [0.1, 0.15) is 5.82 Å². The predicted molar refractivity (Wildman–Crippen MR) is 236 cm³/mol. The number of halogens is 7. The lowest BCUT2D eigenvalue weighted by atomic mass is 9.97. The first-order valence-electron chi connectivity index (χ1n) is 19.9. The maximum atomic E-state index is 15.7. The Labute approximate surface area is 358 Å². The van der Waals surface area contributed by atoms with Gasteiger partial charge in [-0.05, 0) is 80.4 Å². The number of benzene rings is 7. The summed E-state index contributed by atoms with van der Waals surface area (Å²) in [5.41, 5.74) is 3.19. The number of hydrogen-bond donors (Lipinski definition) is 0. The van der Waals surface area contributed by atoms with Crippen LogP contribution in [0.2, 0.25) is 0 Å². The third-order valence-electron chi connectivity index (χ3n) is 10.5. The van der Waals surface area contributed by atoms with E-state index in [0.717, 1.165) is 23.3 Å². The molecule has 7 aromatic carbocycles. The zero-order valence-corrected chi connectivity index (χ0v) is 34.1. The molecule has 4 nitrogen and oxygen atoms in total. The van der Waals surface area contributed by atoms with Crippen LogP contribution in [0.25, 0.3) is 83.9 Å². The lowest BCUT2D eigenvalue weighted by Gasteiger charge is -2.17. The summed E-state index contributed by atoms with van der Waals surface area (Å²) in [4.78, 5) is 14.6. The van der Waals surface area contributed by atoms with Crippen molar-refractivity contribution < 1.29 is 30.7 Å². The van der Waals surface area contributed by atoms with Crippen molar-refractivity contribution in [2.45, 2.75) is 33.1 Å². The Morgan fingerprint density at radius 1 is 0.460 bits per heavy atom. The molecule has 0 radical (unpaired) electrons. The van der Waals surface area contributed by atoms with E-state index in [9.17, 15) is 26.3 Å². The van der Waals surface area contributed by atoms with Crippen LogP contribution in [-0.2, 0) is 12.4 Å². The molecule has 0 aliphatic rings. The Hall–Kier alpha value is -7.40. The number of allylic oxidation sites excluding steroid dienone is 2. The topological polar surface area (TPSA) is 43.6 Å². The Balaban J connectivity index is 0.00000103. The van der Waals surface area contributed by atoms with E-state index in [0.29, 0.717) is 61.7 Å². The summed E-state index contributed by atoms with van der Waals surface area (Å²) < 4.78 is 101. The highest BCUT2D eigenvalue weighted by molar-refractivity contribution is 6.11. The van der Waals surface area contributed by atoms with E-state index < -0.39 is 29.3 Å². The lowest BCUT2D eigenvalue weighted by molar-refractivity contribution is -0.143. The highest BCUT2D eigenvalue weighted by Crippen LogP contribution is 2.42. The fourth-order valence-corrected chi connectivity index (χ4v) is 7.23. The van der Waals surface area contributed by atoms with Crippen LogP contribution in [0.4, 0.5) is 30.7 Å². The SMILES string of the molecule is CC=C(C)C.Fc1ccccc1-c1ccc(-c2nc(-c3ccccc3)nc(-c3ccccc3)n2)cc1-n1c2ccccc2c2cc(-c3cc(C(F)(F)F)cc(C(F)(F)F)c3)ccc21. The van der Waals surface area contributed by atoms with Crippen LogP contribution in [0, 0.1) is 5.82 Å². The third-order valence-corrected chi connectivity index (χ3v) is 10.5. The van der Waals surface area contributed by atoms with E-state index in [4.69, 9.17) is 15.0 Å². The van der Waals surface area contributed by atoms with Crippen molar-refractivity contribution in [3.8, 4) is 62.1 Å². The normalized spacial score (nSPS) is 11.7. The van der Waals surface area contributed by atoms with Crippen molar-refractivity contribution >= 4 is 21.8 Å². The summed E-state index contributed by atoms with van der Waals surface area (Å²) >= 11 is 0. The molecular formula is C52H37F7N4. The molecule has 2 heterocycles. The van der Waals surface area contributed by atoms with Crippen LogP contribution in [0.15, 0.2) is 175 Å². The molecule has 11 heteroatoms. The van der Waals surface area contributed by atoms with Crippen molar-refractivity contribution in [2.75, 3.05) is 0 Å². The second kappa shape index (κ2) is 17.2. The molecule has 0 atom stereocenters. The molecular weight excluding hydrogens is 814 g/mol. The molecule has 0 amide bonds. The van der Waals surface area contributed by atoms with Gasteiger partial charge in [0.25, 0.3) is 0 Å². The average Bonchev–Trinajstić information content (AvgIpc) is 3.62. The van der Waals surface area contributed by atoms with Crippen molar-refractivity contribution in [1.29, 1.82) is 0 Å². The molecule has 2 aromatic heterocycles. The summed E-state index contributed by atoms with van der Waals surface area (Å²) in [6.07, 6.45) is -7.93. The van der Waals surface area contributed by atoms with Gasteiger partial charge in [0.2, 0.25) is 0 Å². The minimum Gasteiger partial charge on any atom is -0.309 e. The van der Waals surface area contributed by atoms with Gasteiger partial charge in [0, 0.05) is 38.6 Å². The summed E-state index contributed by atoms with van der Waals surface area (Å²) in [6.45, 7) is 6.20. The summed E-state index contributed by atoms with van der Waals surface area (Å²) in [5.74, 6) is 0.762. The van der Waals surface area contributed by atoms with Gasteiger partial charge < -0.3 is 4.57 Å². The van der Waals surface area contributed by atoms with Gasteiger partial charge in [-0.1, -0.05) is 127 Å². The minimum atomic E-state index is -5.01. The molecule has 0 N–H and O–H groups in total. The largest absolute Gasteiger partial charge is 0.416 e. The fraction of sp³-hybridized carbons (Fsp3) is 0.0962. The van der Waals surface area contributed by atoms with Crippen molar-refractivity contribution in [2.24, 2.45) is 0 Å². The van der Waals surface area contributed by atoms with Gasteiger partial charge in [-0.3, -0.25) is 0 Å². The van der Waals surface area contributed by atoms with Crippen LogP contribution in [0.3, 0.4) is 0 Å². The average molecular weight is 851 g/mol. The highest BCUT2D eigenvalue weighted by atomic mass is 19.4. The number of rotatable bonds is 6. The Morgan fingerprint density at radius 2 is 0.952 bits per heavy atom. The molecule has 0 aliphatic heterocycles. The maximum Gasteiger partial charge on any atom is 0.416 e. The fourth-order valence-electron chi connectivity index (χ4n) is 7.23. The van der Waals surface area contributed by atoms with Crippen LogP contribution in [-0.4, -0.2) is 19.5 Å². The third kappa shape index (κ3) is 8.86. The first-order chi connectivity index (χ1) is 30.2. The van der Waals surface area contributed by atoms with Crippen LogP contribution in [0.5, 0.6) is 0 Å². The second-order valence-corrected chi connectivity index (χ2v) is 15.0. The van der Waals surface area contributed by atoms with Crippen LogP contribution in [0.1, 0.15) is 31.9 Å². The number of alkyl halides is 6. The first-order valence-corrected chi connectivity index (χ1v) is 19.9. The zero-order valence-electron chi connectivity index (χ0n) is 34.1. The molecule has 0 bridgehead atoms. The Kier molecular flexibility index (Phi) is 11.5. The van der Waals surface area contributed by atoms with E-state index in [-0.39, 0.29) is 17.2 Å². The molecule has 0 spiro atoms. The summed E-state index contributed by atoms with van der Waals surface area (Å²) in [5, 5.41) is 1.23. The van der Waals surface area contributed by atoms with Crippen LogP contribution >= 0.6 is 0 Å². The van der Waals surface area contributed by atoms with Gasteiger partial charge in [-0.25, -0.2) is 19.3 Å². The number of para-hydroxylation sites is 1. The van der Waals surface area contributed by atoms with Gasteiger partial charge >= 0.3 is 12.4 Å². The van der Waals surface area contributed by atoms with Crippen molar-refractivity contribution in [3.63, 3.8) is 0 Å². The first kappa shape index (κ1) is 42.3. The van der Waals surface area contributed by atoms with Crippen molar-refractivity contribution in [3.05, 3.63) is 192 Å². The summed E-state index contributed by atoms with van der Waals surface area (Å²) in [6, 6.07) is 44.3. The summed E-state index contributed by atoms with van der Waals surface area (Å²) in [7, 11) is 0. The number of fused-ring (bicyclic) bond motifs is 3. The van der Waals surface area contributed by atoms with Crippen LogP contribution < -0.4 is 0 Å². The molecule has 0 saturated heterocycles. The van der Waals surface area contributed by atoms with Gasteiger partial charge in [0.05, 0.1) is 27.8 Å².